The summed E-state index contributed by atoms with van der Waals surface area (Å²) < 4.78 is 49.6. The second-order valence-electron chi connectivity index (χ2n) is 4.33. The Bertz CT molecular complexity index is 665. The zero-order valence-electron chi connectivity index (χ0n) is 10.5. The summed E-state index contributed by atoms with van der Waals surface area (Å²) in [6.07, 6.45) is 2.28. The van der Waals surface area contributed by atoms with E-state index in [1.165, 1.54) is 18.0 Å². The first kappa shape index (κ1) is 14.8. The lowest BCUT2D eigenvalue weighted by Crippen LogP contribution is -2.49. The van der Waals surface area contributed by atoms with Gasteiger partial charge in [0.2, 0.25) is 10.0 Å². The maximum atomic E-state index is 12.5. The molecule has 0 bridgehead atoms. The molecule has 1 aliphatic rings. The highest BCUT2D eigenvalue weighted by Crippen LogP contribution is 2.27. The van der Waals surface area contributed by atoms with E-state index in [1.54, 1.807) is 6.92 Å². The van der Waals surface area contributed by atoms with Gasteiger partial charge in [0, 0.05) is 24.3 Å². The van der Waals surface area contributed by atoms with Crippen molar-refractivity contribution in [3.63, 3.8) is 0 Å². The first-order valence-electron chi connectivity index (χ1n) is 5.53. The highest BCUT2D eigenvalue weighted by Gasteiger charge is 2.40. The van der Waals surface area contributed by atoms with Gasteiger partial charge >= 0.3 is 0 Å². The molecule has 1 saturated heterocycles. The van der Waals surface area contributed by atoms with Crippen LogP contribution in [0.4, 0.5) is 0 Å². The lowest BCUT2D eigenvalue weighted by Gasteiger charge is -2.32. The van der Waals surface area contributed by atoms with Crippen LogP contribution < -0.4 is 0 Å². The van der Waals surface area contributed by atoms with Gasteiger partial charge in [-0.2, -0.15) is 21.2 Å². The second kappa shape index (κ2) is 5.08. The van der Waals surface area contributed by atoms with E-state index < -0.39 is 25.2 Å². The predicted molar refractivity (Wildman–Crippen MR) is 73.2 cm³/mol. The molecule has 0 aliphatic carbocycles. The third-order valence-corrected chi connectivity index (χ3v) is 7.70. The minimum atomic E-state index is -3.83. The minimum Gasteiger partial charge on any atom is -0.281 e. The number of sulfonamides is 1. The van der Waals surface area contributed by atoms with Crippen molar-refractivity contribution in [2.45, 2.75) is 17.2 Å². The number of aromatic amines is 1. The largest absolute Gasteiger partial charge is 0.281 e. The summed E-state index contributed by atoms with van der Waals surface area (Å²) in [6, 6.07) is 0. The van der Waals surface area contributed by atoms with E-state index in [0.717, 1.165) is 10.6 Å². The predicted octanol–water partition coefficient (Wildman–Crippen LogP) is -0.174. The molecule has 2 rings (SSSR count). The van der Waals surface area contributed by atoms with Crippen molar-refractivity contribution in [3.05, 3.63) is 11.9 Å². The average Bonchev–Trinajstić information content (AvgIpc) is 2.75. The number of thioether (sulfide) groups is 1. The van der Waals surface area contributed by atoms with Crippen LogP contribution in [-0.2, 0) is 19.9 Å². The number of hydrogen-bond donors (Lipinski definition) is 1. The SMILES string of the molecule is Cc1[nH]ncc1S(=O)(=O)N1CCSCC1S(C)(=O)=O. The topological polar surface area (TPSA) is 100 Å². The lowest BCUT2D eigenvalue weighted by molar-refractivity contribution is 0.404. The Hall–Kier alpha value is -0.580. The standard InChI is InChI=1S/C9H15N3O4S3/c1-7-8(5-10-11-7)19(15,16)12-3-4-17-6-9(12)18(2,13)14/h5,9H,3-4,6H2,1-2H3,(H,10,11). The molecule has 19 heavy (non-hydrogen) atoms. The van der Waals surface area contributed by atoms with E-state index in [-0.39, 0.29) is 17.2 Å². The monoisotopic (exact) mass is 325 g/mol. The highest BCUT2D eigenvalue weighted by molar-refractivity contribution is 8.01. The molecule has 1 aromatic rings. The number of aryl methyl sites for hydroxylation is 1. The van der Waals surface area contributed by atoms with Gasteiger partial charge in [-0.15, -0.1) is 0 Å². The van der Waals surface area contributed by atoms with Gasteiger partial charge in [0.15, 0.2) is 9.84 Å². The molecule has 0 amide bonds. The molecular weight excluding hydrogens is 310 g/mol. The van der Waals surface area contributed by atoms with Crippen molar-refractivity contribution < 1.29 is 16.8 Å². The van der Waals surface area contributed by atoms with Crippen molar-refractivity contribution in [3.8, 4) is 0 Å². The molecule has 1 aromatic heterocycles. The summed E-state index contributed by atoms with van der Waals surface area (Å²) in [5.41, 5.74) is 0.408. The molecule has 7 nitrogen and oxygen atoms in total. The minimum absolute atomic E-state index is 0.0352. The first-order valence-corrected chi connectivity index (χ1v) is 10.1. The number of rotatable bonds is 3. The van der Waals surface area contributed by atoms with Gasteiger partial charge in [-0.25, -0.2) is 16.8 Å². The van der Waals surface area contributed by atoms with Crippen LogP contribution in [0.15, 0.2) is 11.1 Å². The lowest BCUT2D eigenvalue weighted by atomic mass is 10.5. The third kappa shape index (κ3) is 2.81. The highest BCUT2D eigenvalue weighted by atomic mass is 32.2. The smallest absolute Gasteiger partial charge is 0.247 e. The maximum Gasteiger partial charge on any atom is 0.247 e. The number of aromatic nitrogens is 2. The number of H-pyrrole nitrogens is 1. The fourth-order valence-corrected chi connectivity index (χ4v) is 7.19. The molecule has 0 radical (unpaired) electrons. The van der Waals surface area contributed by atoms with E-state index in [0.29, 0.717) is 11.4 Å². The van der Waals surface area contributed by atoms with Gasteiger partial charge in [-0.1, -0.05) is 0 Å². The second-order valence-corrected chi connectivity index (χ2v) is 9.55. The Morgan fingerprint density at radius 2 is 2.11 bits per heavy atom. The maximum absolute atomic E-state index is 12.5. The molecular formula is C9H15N3O4S3. The molecule has 1 atom stereocenters. The molecule has 108 valence electrons. The van der Waals surface area contributed by atoms with Crippen LogP contribution in [-0.4, -0.2) is 61.0 Å². The number of nitrogens with one attached hydrogen (secondary N) is 1. The van der Waals surface area contributed by atoms with E-state index >= 15 is 0 Å². The first-order chi connectivity index (χ1) is 8.74. The quantitative estimate of drug-likeness (QED) is 0.828. The Kier molecular flexibility index (Phi) is 3.96. The summed E-state index contributed by atoms with van der Waals surface area (Å²) in [5.74, 6) is 0.844. The molecule has 10 heteroatoms. The summed E-state index contributed by atoms with van der Waals surface area (Å²) in [5, 5.41) is 5.23. The van der Waals surface area contributed by atoms with Gasteiger partial charge in [0.05, 0.1) is 11.9 Å². The Morgan fingerprint density at radius 1 is 1.42 bits per heavy atom. The molecule has 1 N–H and O–H groups in total. The van der Waals surface area contributed by atoms with Crippen molar-refractivity contribution in [2.24, 2.45) is 0 Å². The molecule has 0 aromatic carbocycles. The van der Waals surface area contributed by atoms with Gasteiger partial charge < -0.3 is 0 Å². The third-order valence-electron chi connectivity index (χ3n) is 2.90. The average molecular weight is 325 g/mol. The Labute approximate surface area is 116 Å². The van der Waals surface area contributed by atoms with Crippen molar-refractivity contribution in [1.29, 1.82) is 0 Å². The van der Waals surface area contributed by atoms with Crippen LogP contribution in [0.25, 0.3) is 0 Å². The van der Waals surface area contributed by atoms with E-state index in [4.69, 9.17) is 0 Å². The van der Waals surface area contributed by atoms with Crippen molar-refractivity contribution in [1.82, 2.24) is 14.5 Å². The van der Waals surface area contributed by atoms with Gasteiger partial charge in [-0.05, 0) is 6.92 Å². The van der Waals surface area contributed by atoms with Gasteiger partial charge in [0.25, 0.3) is 0 Å². The molecule has 1 fully saturated rings. The zero-order chi connectivity index (χ0) is 14.3. The number of nitrogens with zero attached hydrogens (tertiary/aromatic N) is 2. The van der Waals surface area contributed by atoms with Crippen LogP contribution in [0.1, 0.15) is 5.69 Å². The number of sulfone groups is 1. The summed E-state index contributed by atoms with van der Waals surface area (Å²) in [7, 11) is -7.30. The number of hydrogen-bond acceptors (Lipinski definition) is 6. The van der Waals surface area contributed by atoms with Crippen molar-refractivity contribution >= 4 is 31.6 Å². The summed E-state index contributed by atoms with van der Waals surface area (Å²) in [4.78, 5) is 0.0352. The van der Waals surface area contributed by atoms with Crippen LogP contribution in [0, 0.1) is 6.92 Å². The normalized spacial score (nSPS) is 22.5. The zero-order valence-corrected chi connectivity index (χ0v) is 13.0. The summed E-state index contributed by atoms with van der Waals surface area (Å²) >= 11 is 1.44. The van der Waals surface area contributed by atoms with E-state index in [1.807, 2.05) is 0 Å². The van der Waals surface area contributed by atoms with Gasteiger partial charge in [0.1, 0.15) is 10.3 Å². The van der Waals surface area contributed by atoms with E-state index in [9.17, 15) is 16.8 Å². The van der Waals surface area contributed by atoms with Crippen LogP contribution in [0.3, 0.4) is 0 Å². The molecule has 1 aliphatic heterocycles. The fourth-order valence-electron chi connectivity index (χ4n) is 1.90. The fraction of sp³-hybridized carbons (Fsp3) is 0.667. The van der Waals surface area contributed by atoms with Crippen molar-refractivity contribution in [2.75, 3.05) is 24.3 Å². The molecule has 0 saturated carbocycles. The van der Waals surface area contributed by atoms with Gasteiger partial charge in [-0.3, -0.25) is 5.10 Å². The van der Waals surface area contributed by atoms with Crippen LogP contribution >= 0.6 is 11.8 Å². The van der Waals surface area contributed by atoms with Crippen LogP contribution in [0.2, 0.25) is 0 Å². The molecule has 2 heterocycles. The molecule has 1 unspecified atom stereocenters. The van der Waals surface area contributed by atoms with Crippen LogP contribution in [0.5, 0.6) is 0 Å². The molecule has 0 spiro atoms. The Balaban J connectivity index is 2.46. The summed E-state index contributed by atoms with van der Waals surface area (Å²) in [6.45, 7) is 1.78. The van der Waals surface area contributed by atoms with E-state index in [2.05, 4.69) is 10.2 Å². The Morgan fingerprint density at radius 3 is 2.63 bits per heavy atom.